The number of anilines is 1. The van der Waals surface area contributed by atoms with E-state index in [0.29, 0.717) is 28.6 Å². The van der Waals surface area contributed by atoms with Crippen LogP contribution in [0.2, 0.25) is 0 Å². The Kier molecular flexibility index (Phi) is 4.98. The zero-order valence-electron chi connectivity index (χ0n) is 17.4. The molecule has 3 heterocycles. The van der Waals surface area contributed by atoms with Crippen LogP contribution in [0, 0.1) is 0 Å². The Bertz CT molecular complexity index is 1300. The van der Waals surface area contributed by atoms with Crippen molar-refractivity contribution in [3.63, 3.8) is 0 Å². The Hall–Kier alpha value is -4.27. The van der Waals surface area contributed by atoms with E-state index in [1.807, 2.05) is 48.7 Å². The van der Waals surface area contributed by atoms with E-state index in [1.54, 1.807) is 30.9 Å². The van der Waals surface area contributed by atoms with Gasteiger partial charge in [0.05, 0.1) is 14.2 Å². The molecule has 2 aromatic carbocycles. The number of para-hydroxylation sites is 2. The Labute approximate surface area is 183 Å². The van der Waals surface area contributed by atoms with Crippen molar-refractivity contribution in [3.05, 3.63) is 60.8 Å². The van der Waals surface area contributed by atoms with Crippen LogP contribution in [0.4, 0.5) is 5.95 Å². The van der Waals surface area contributed by atoms with Crippen molar-refractivity contribution in [2.75, 3.05) is 26.1 Å². The predicted octanol–water partition coefficient (Wildman–Crippen LogP) is 3.19. The largest absolute Gasteiger partial charge is 0.497 e. The Morgan fingerprint density at radius 1 is 1.09 bits per heavy atom. The first-order valence-corrected chi connectivity index (χ1v) is 9.93. The minimum Gasteiger partial charge on any atom is -0.497 e. The standard InChI is InChI=1S/C23H20N4O5/c1-29-15-8-9-17(30-2)16(11-15)14-7-10-21-24-23(26-27(21)12-14)25-22(28)20-13-31-18-5-3-4-6-19(18)32-20/h3-12,20H,13H2,1-2H3,(H,25,26,28)/t20-/m1/s1. The Balaban J connectivity index is 1.38. The highest BCUT2D eigenvalue weighted by atomic mass is 16.6. The fourth-order valence-corrected chi connectivity index (χ4v) is 3.47. The van der Waals surface area contributed by atoms with Crippen LogP contribution in [0.3, 0.4) is 0 Å². The van der Waals surface area contributed by atoms with Crippen molar-refractivity contribution < 1.29 is 23.7 Å². The topological polar surface area (TPSA) is 96.2 Å². The Morgan fingerprint density at radius 2 is 1.94 bits per heavy atom. The number of carbonyl (C=O) groups excluding carboxylic acids is 1. The second kappa shape index (κ2) is 8.10. The average Bonchev–Trinajstić information content (AvgIpc) is 3.24. The fourth-order valence-electron chi connectivity index (χ4n) is 3.47. The lowest BCUT2D eigenvalue weighted by Crippen LogP contribution is -2.40. The molecule has 9 heteroatoms. The molecule has 0 spiro atoms. The maximum Gasteiger partial charge on any atom is 0.271 e. The molecule has 162 valence electrons. The highest BCUT2D eigenvalue weighted by Gasteiger charge is 2.28. The summed E-state index contributed by atoms with van der Waals surface area (Å²) in [6.07, 6.45) is 1.01. The van der Waals surface area contributed by atoms with Gasteiger partial charge in [-0.15, -0.1) is 5.10 Å². The second-order valence-corrected chi connectivity index (χ2v) is 7.08. The fraction of sp³-hybridized carbons (Fsp3) is 0.174. The average molecular weight is 432 g/mol. The SMILES string of the molecule is COc1ccc(OC)c(-c2ccc3nc(NC(=O)[C@H]4COc5ccccc5O4)nn3c2)c1. The van der Waals surface area contributed by atoms with Crippen LogP contribution in [0.25, 0.3) is 16.8 Å². The van der Waals surface area contributed by atoms with Crippen LogP contribution < -0.4 is 24.3 Å². The van der Waals surface area contributed by atoms with E-state index in [2.05, 4.69) is 15.4 Å². The zero-order chi connectivity index (χ0) is 22.1. The van der Waals surface area contributed by atoms with Crippen LogP contribution in [0.1, 0.15) is 0 Å². The highest BCUT2D eigenvalue weighted by molar-refractivity contribution is 5.93. The molecule has 4 aromatic rings. The minimum absolute atomic E-state index is 0.107. The third kappa shape index (κ3) is 3.64. The van der Waals surface area contributed by atoms with Crippen LogP contribution in [0.5, 0.6) is 23.0 Å². The van der Waals surface area contributed by atoms with Crippen molar-refractivity contribution in [2.24, 2.45) is 0 Å². The quantitative estimate of drug-likeness (QED) is 0.517. The van der Waals surface area contributed by atoms with Crippen molar-refractivity contribution in [3.8, 4) is 34.1 Å². The molecule has 5 rings (SSSR count). The van der Waals surface area contributed by atoms with Gasteiger partial charge in [0.25, 0.3) is 5.91 Å². The van der Waals surface area contributed by atoms with Gasteiger partial charge in [-0.1, -0.05) is 12.1 Å². The minimum atomic E-state index is -0.798. The van der Waals surface area contributed by atoms with E-state index in [0.717, 1.165) is 11.1 Å². The number of fused-ring (bicyclic) bond motifs is 2. The van der Waals surface area contributed by atoms with E-state index in [1.165, 1.54) is 0 Å². The third-order valence-electron chi connectivity index (χ3n) is 5.08. The number of carbonyl (C=O) groups is 1. The van der Waals surface area contributed by atoms with E-state index >= 15 is 0 Å². The number of ether oxygens (including phenoxy) is 4. The molecule has 0 saturated heterocycles. The second-order valence-electron chi connectivity index (χ2n) is 7.08. The number of rotatable bonds is 5. The number of pyridine rings is 1. The molecular formula is C23H20N4O5. The van der Waals surface area contributed by atoms with Gasteiger partial charge in [-0.3, -0.25) is 10.1 Å². The molecule has 2 aromatic heterocycles. The van der Waals surface area contributed by atoms with Gasteiger partial charge in [0.2, 0.25) is 12.1 Å². The molecule has 0 radical (unpaired) electrons. The van der Waals surface area contributed by atoms with Crippen LogP contribution in [-0.4, -0.2) is 47.4 Å². The van der Waals surface area contributed by atoms with E-state index in [4.69, 9.17) is 18.9 Å². The Morgan fingerprint density at radius 3 is 2.75 bits per heavy atom. The van der Waals surface area contributed by atoms with Crippen LogP contribution >= 0.6 is 0 Å². The molecule has 1 aliphatic heterocycles. The number of nitrogens with one attached hydrogen (secondary N) is 1. The number of methoxy groups -OCH3 is 2. The number of aromatic nitrogens is 3. The first-order valence-electron chi connectivity index (χ1n) is 9.93. The highest BCUT2D eigenvalue weighted by Crippen LogP contribution is 2.34. The number of nitrogens with zero attached hydrogens (tertiary/aromatic N) is 3. The molecule has 1 amide bonds. The molecule has 0 bridgehead atoms. The summed E-state index contributed by atoms with van der Waals surface area (Å²) in [5.41, 5.74) is 2.29. The van der Waals surface area contributed by atoms with Gasteiger partial charge < -0.3 is 18.9 Å². The first-order chi connectivity index (χ1) is 15.6. The molecule has 32 heavy (non-hydrogen) atoms. The lowest BCUT2D eigenvalue weighted by molar-refractivity contribution is -0.125. The summed E-state index contributed by atoms with van der Waals surface area (Å²) in [7, 11) is 3.23. The zero-order valence-corrected chi connectivity index (χ0v) is 17.4. The van der Waals surface area contributed by atoms with Crippen LogP contribution in [-0.2, 0) is 4.79 Å². The van der Waals surface area contributed by atoms with Gasteiger partial charge in [-0.25, -0.2) is 4.52 Å². The van der Waals surface area contributed by atoms with Gasteiger partial charge in [-0.2, -0.15) is 4.98 Å². The van der Waals surface area contributed by atoms with Crippen molar-refractivity contribution in [1.29, 1.82) is 0 Å². The molecule has 1 atom stereocenters. The summed E-state index contributed by atoms with van der Waals surface area (Å²) < 4.78 is 23.7. The lowest BCUT2D eigenvalue weighted by atomic mass is 10.1. The van der Waals surface area contributed by atoms with E-state index in [-0.39, 0.29) is 18.5 Å². The number of hydrogen-bond donors (Lipinski definition) is 1. The summed E-state index contributed by atoms with van der Waals surface area (Å²) >= 11 is 0. The lowest BCUT2D eigenvalue weighted by Gasteiger charge is -2.25. The number of hydrogen-bond acceptors (Lipinski definition) is 7. The first kappa shape index (κ1) is 19.7. The maximum atomic E-state index is 12.7. The van der Waals surface area contributed by atoms with Crippen LogP contribution in [0.15, 0.2) is 60.8 Å². The smallest absolute Gasteiger partial charge is 0.271 e. The van der Waals surface area contributed by atoms with Crippen molar-refractivity contribution >= 4 is 17.5 Å². The van der Waals surface area contributed by atoms with Gasteiger partial charge in [0.15, 0.2) is 17.1 Å². The van der Waals surface area contributed by atoms with Gasteiger partial charge in [0, 0.05) is 17.3 Å². The van der Waals surface area contributed by atoms with E-state index in [9.17, 15) is 4.79 Å². The van der Waals surface area contributed by atoms with Gasteiger partial charge >= 0.3 is 0 Å². The van der Waals surface area contributed by atoms with Gasteiger partial charge in [0.1, 0.15) is 18.1 Å². The summed E-state index contributed by atoms with van der Waals surface area (Å²) in [6.45, 7) is 0.107. The summed E-state index contributed by atoms with van der Waals surface area (Å²) in [4.78, 5) is 17.0. The third-order valence-corrected chi connectivity index (χ3v) is 5.08. The molecule has 1 N–H and O–H groups in total. The molecule has 0 fully saturated rings. The van der Waals surface area contributed by atoms with E-state index < -0.39 is 6.10 Å². The normalized spacial score (nSPS) is 14.8. The molecule has 0 aliphatic carbocycles. The maximum absolute atomic E-state index is 12.7. The van der Waals surface area contributed by atoms with Crippen molar-refractivity contribution in [1.82, 2.24) is 14.6 Å². The van der Waals surface area contributed by atoms with Crippen molar-refractivity contribution in [2.45, 2.75) is 6.10 Å². The number of benzene rings is 2. The summed E-state index contributed by atoms with van der Waals surface area (Å²) in [5, 5.41) is 7.08. The predicted molar refractivity (Wildman–Crippen MR) is 117 cm³/mol. The molecular weight excluding hydrogens is 412 g/mol. The molecule has 1 aliphatic rings. The monoisotopic (exact) mass is 432 g/mol. The molecule has 9 nitrogen and oxygen atoms in total. The molecule has 0 unspecified atom stereocenters. The summed E-state index contributed by atoms with van der Waals surface area (Å²) in [5.74, 6) is 2.34. The number of amides is 1. The summed E-state index contributed by atoms with van der Waals surface area (Å²) in [6, 6.07) is 16.5. The van der Waals surface area contributed by atoms with Gasteiger partial charge in [-0.05, 0) is 42.5 Å². The molecule has 0 saturated carbocycles.